The number of carbonyl (C=O) groups is 1. The summed E-state index contributed by atoms with van der Waals surface area (Å²) in [6.45, 7) is 9.04. The van der Waals surface area contributed by atoms with Crippen molar-refractivity contribution in [1.82, 2.24) is 20.0 Å². The predicted molar refractivity (Wildman–Crippen MR) is 166 cm³/mol. The van der Waals surface area contributed by atoms with Gasteiger partial charge < -0.3 is 14.6 Å². The van der Waals surface area contributed by atoms with Crippen LogP contribution in [0.15, 0.2) is 53.7 Å². The van der Waals surface area contributed by atoms with Gasteiger partial charge in [-0.25, -0.2) is 22.9 Å². The van der Waals surface area contributed by atoms with Gasteiger partial charge in [0.2, 0.25) is 16.4 Å². The molecule has 1 amide bonds. The van der Waals surface area contributed by atoms with E-state index in [1.807, 2.05) is 13.8 Å². The molecule has 3 aromatic rings. The van der Waals surface area contributed by atoms with Crippen molar-refractivity contribution < 1.29 is 27.8 Å². The lowest BCUT2D eigenvalue weighted by atomic mass is 9.86. The van der Waals surface area contributed by atoms with E-state index >= 15 is 0 Å². The van der Waals surface area contributed by atoms with E-state index in [4.69, 9.17) is 9.47 Å². The zero-order chi connectivity index (χ0) is 31.2. The summed E-state index contributed by atoms with van der Waals surface area (Å²) in [7, 11) is -3.97. The molecule has 0 spiro atoms. The highest BCUT2D eigenvalue weighted by atomic mass is 32.2. The lowest BCUT2D eigenvalue weighted by Crippen LogP contribution is -2.42. The highest BCUT2D eigenvalue weighted by Gasteiger charge is 2.29. The first-order valence-corrected chi connectivity index (χ1v) is 16.7. The van der Waals surface area contributed by atoms with Crippen LogP contribution in [-0.2, 0) is 26.1 Å². The van der Waals surface area contributed by atoms with Crippen molar-refractivity contribution in [1.29, 1.82) is 0 Å². The number of nitrogens with zero attached hydrogens (tertiary/aromatic N) is 2. The molecule has 234 valence electrons. The largest absolute Gasteiger partial charge is 0.443 e. The molecule has 11 nitrogen and oxygen atoms in total. The molecule has 1 fully saturated rings. The second kappa shape index (κ2) is 14.2. The van der Waals surface area contributed by atoms with Crippen molar-refractivity contribution in [2.45, 2.75) is 102 Å². The quantitative estimate of drug-likeness (QED) is 0.205. The normalized spacial score (nSPS) is 18.4. The fourth-order valence-electron chi connectivity index (χ4n) is 4.87. The van der Waals surface area contributed by atoms with Gasteiger partial charge in [-0.1, -0.05) is 12.1 Å². The van der Waals surface area contributed by atoms with Crippen LogP contribution in [0.25, 0.3) is 10.4 Å². The minimum Gasteiger partial charge on any atom is -0.443 e. The predicted octanol–water partition coefficient (Wildman–Crippen LogP) is 5.35. The van der Waals surface area contributed by atoms with Crippen LogP contribution < -0.4 is 15.4 Å². The third-order valence-corrected chi connectivity index (χ3v) is 9.67. The van der Waals surface area contributed by atoms with Crippen molar-refractivity contribution in [3.05, 3.63) is 59.5 Å². The van der Waals surface area contributed by atoms with Crippen LogP contribution in [-0.4, -0.2) is 53.7 Å². The van der Waals surface area contributed by atoms with Crippen LogP contribution in [0.5, 0.6) is 0 Å². The molecule has 0 saturated heterocycles. The number of ether oxygens (including phenoxy) is 2. The minimum absolute atomic E-state index is 0.0184. The van der Waals surface area contributed by atoms with E-state index in [0.29, 0.717) is 11.3 Å². The number of aliphatic hydroxyl groups is 1. The first-order chi connectivity index (χ1) is 20.3. The van der Waals surface area contributed by atoms with Crippen LogP contribution in [0.1, 0.15) is 76.9 Å². The second-order valence-corrected chi connectivity index (χ2v) is 14.6. The summed E-state index contributed by atoms with van der Waals surface area (Å²) in [6, 6.07) is 10.2. The second-order valence-electron chi connectivity index (χ2n) is 11.9. The molecule has 0 bridgehead atoms. The average molecular weight is 632 g/mol. The van der Waals surface area contributed by atoms with Gasteiger partial charge in [0.15, 0.2) is 0 Å². The van der Waals surface area contributed by atoms with Gasteiger partial charge in [-0.15, -0.1) is 11.3 Å². The number of aliphatic hydroxyl groups excluding tert-OH is 1. The molecule has 4 N–H and O–H groups in total. The molecule has 2 aromatic heterocycles. The smallest absolute Gasteiger partial charge is 0.412 e. The minimum atomic E-state index is -3.97. The molecule has 1 aliphatic rings. The highest BCUT2D eigenvalue weighted by molar-refractivity contribution is 7.89. The number of aromatic nitrogens is 2. The first kappa shape index (κ1) is 33.0. The van der Waals surface area contributed by atoms with Gasteiger partial charge in [-0.2, -0.15) is 0 Å². The van der Waals surface area contributed by atoms with Gasteiger partial charge in [0.1, 0.15) is 6.61 Å². The molecule has 1 saturated carbocycles. The van der Waals surface area contributed by atoms with E-state index in [1.54, 1.807) is 63.5 Å². The van der Waals surface area contributed by atoms with Gasteiger partial charge in [0, 0.05) is 41.1 Å². The number of anilines is 1. The number of hydrogen-bond acceptors (Lipinski definition) is 10. The fraction of sp³-hybridized carbons (Fsp3) is 0.500. The van der Waals surface area contributed by atoms with Gasteiger partial charge >= 0.3 is 6.09 Å². The molecule has 1 unspecified atom stereocenters. The Balaban J connectivity index is 1.50. The summed E-state index contributed by atoms with van der Waals surface area (Å²) >= 11 is 1.47. The standard InChI is InChI=1S/C30H41N5O6S2/c1-19(2)41-29(37)33-21-11-9-20(10-12-21)27-32-17-25(42-27)24-14-13-22(16-26(24)43(38,39)35-30(3,4)5)34-28(36)40-18-23-8-6-7-15-31-23/h6-8,13-17,19-21,29,33,35,37H,9-12,18H2,1-5H3,(H,34,36). The van der Waals surface area contributed by atoms with Gasteiger partial charge in [0.25, 0.3) is 0 Å². The molecule has 13 heteroatoms. The Morgan fingerprint density at radius 1 is 1.12 bits per heavy atom. The highest BCUT2D eigenvalue weighted by Crippen LogP contribution is 2.40. The van der Waals surface area contributed by atoms with Crippen LogP contribution in [0.2, 0.25) is 0 Å². The van der Waals surface area contributed by atoms with Crippen molar-refractivity contribution in [3.8, 4) is 10.4 Å². The van der Waals surface area contributed by atoms with Crippen LogP contribution in [0.4, 0.5) is 10.5 Å². The number of thiazole rings is 1. The SMILES string of the molecule is CC(C)OC(O)NC1CCC(c2ncc(-c3ccc(NC(=O)OCc4ccccn4)cc3S(=O)(=O)NC(C)(C)C)s2)CC1. The van der Waals surface area contributed by atoms with Gasteiger partial charge in [0.05, 0.1) is 26.6 Å². The Morgan fingerprint density at radius 2 is 1.86 bits per heavy atom. The molecule has 2 heterocycles. The molecule has 4 rings (SSSR count). The fourth-order valence-corrected chi connectivity index (χ4v) is 7.72. The van der Waals surface area contributed by atoms with E-state index in [0.717, 1.165) is 35.6 Å². The first-order valence-electron chi connectivity index (χ1n) is 14.4. The molecule has 43 heavy (non-hydrogen) atoms. The summed E-state index contributed by atoms with van der Waals surface area (Å²) in [4.78, 5) is 22.0. The van der Waals surface area contributed by atoms with Crippen molar-refractivity contribution >= 4 is 33.1 Å². The third kappa shape index (κ3) is 9.78. The topological polar surface area (TPSA) is 152 Å². The Hall–Kier alpha value is -2.94. The van der Waals surface area contributed by atoms with Crippen molar-refractivity contribution in [2.75, 3.05) is 5.32 Å². The van der Waals surface area contributed by atoms with Gasteiger partial charge in [-0.3, -0.25) is 15.6 Å². The number of pyridine rings is 1. The van der Waals surface area contributed by atoms with Gasteiger partial charge in [-0.05, 0) is 84.6 Å². The van der Waals surface area contributed by atoms with Crippen LogP contribution in [0.3, 0.4) is 0 Å². The number of carbonyl (C=O) groups excluding carboxylic acids is 1. The maximum absolute atomic E-state index is 13.6. The zero-order valence-electron chi connectivity index (χ0n) is 25.2. The van der Waals surface area contributed by atoms with E-state index in [9.17, 15) is 18.3 Å². The maximum Gasteiger partial charge on any atom is 0.412 e. The summed E-state index contributed by atoms with van der Waals surface area (Å²) in [6.07, 6.45) is 5.04. The maximum atomic E-state index is 13.6. The Morgan fingerprint density at radius 3 is 2.51 bits per heavy atom. The molecule has 1 aromatic carbocycles. The average Bonchev–Trinajstić information content (AvgIpc) is 3.41. The number of benzene rings is 1. The number of hydrogen-bond donors (Lipinski definition) is 4. The molecule has 0 aliphatic heterocycles. The Kier molecular flexibility index (Phi) is 10.9. The number of rotatable bonds is 11. The van der Waals surface area contributed by atoms with E-state index in [2.05, 4.69) is 25.3 Å². The lowest BCUT2D eigenvalue weighted by Gasteiger charge is -2.30. The monoisotopic (exact) mass is 631 g/mol. The van der Waals surface area contributed by atoms with Crippen LogP contribution in [0, 0.1) is 0 Å². The number of amides is 1. The summed E-state index contributed by atoms with van der Waals surface area (Å²) in [5, 5.41) is 16.8. The van der Waals surface area contributed by atoms with Crippen molar-refractivity contribution in [3.63, 3.8) is 0 Å². The Bertz CT molecular complexity index is 1470. The molecular weight excluding hydrogens is 590 g/mol. The summed E-state index contributed by atoms with van der Waals surface area (Å²) in [5.74, 6) is 0.238. The summed E-state index contributed by atoms with van der Waals surface area (Å²) in [5.41, 5.74) is 0.648. The Labute approximate surface area is 257 Å². The summed E-state index contributed by atoms with van der Waals surface area (Å²) < 4.78 is 40.5. The molecule has 1 aliphatic carbocycles. The van der Waals surface area contributed by atoms with E-state index < -0.39 is 28.1 Å². The third-order valence-electron chi connectivity index (χ3n) is 6.68. The lowest BCUT2D eigenvalue weighted by molar-refractivity contribution is -0.150. The van der Waals surface area contributed by atoms with Crippen LogP contribution >= 0.6 is 11.3 Å². The van der Waals surface area contributed by atoms with E-state index in [-0.39, 0.29) is 35.3 Å². The van der Waals surface area contributed by atoms with Crippen molar-refractivity contribution in [2.24, 2.45) is 0 Å². The number of sulfonamides is 1. The molecule has 0 radical (unpaired) electrons. The molecule has 1 atom stereocenters. The number of nitrogens with one attached hydrogen (secondary N) is 3. The van der Waals surface area contributed by atoms with E-state index in [1.165, 1.54) is 17.4 Å². The zero-order valence-corrected chi connectivity index (χ0v) is 26.8. The molecular formula is C30H41N5O6S2.